The maximum atomic E-state index is 14.5. The minimum atomic E-state index is -1.52. The molecule has 1 fully saturated rings. The summed E-state index contributed by atoms with van der Waals surface area (Å²) in [4.78, 5) is 35.8. The Bertz CT molecular complexity index is 2060. The predicted octanol–water partition coefficient (Wildman–Crippen LogP) is 1.98. The number of aliphatic hydroxyl groups is 5. The summed E-state index contributed by atoms with van der Waals surface area (Å²) in [7, 11) is 1.36. The molecule has 1 unspecified atom stereocenters. The summed E-state index contributed by atoms with van der Waals surface area (Å²) >= 11 is 0. The van der Waals surface area contributed by atoms with E-state index in [2.05, 4.69) is 9.88 Å². The summed E-state index contributed by atoms with van der Waals surface area (Å²) in [5.41, 5.74) is 3.69. The van der Waals surface area contributed by atoms with Gasteiger partial charge in [0, 0.05) is 47.3 Å². The van der Waals surface area contributed by atoms with Gasteiger partial charge in [0.15, 0.2) is 6.23 Å². The number of likely N-dealkylation sites (N-methyl/N-ethyl adjacent to an activating group) is 1. The Kier molecular flexibility index (Phi) is 8.50. The van der Waals surface area contributed by atoms with E-state index in [0.29, 0.717) is 61.3 Å². The lowest BCUT2D eigenvalue weighted by molar-refractivity contribution is -0.255. The Morgan fingerprint density at radius 2 is 1.54 bits per heavy atom. The van der Waals surface area contributed by atoms with Crippen LogP contribution in [0.1, 0.15) is 51.9 Å². The van der Waals surface area contributed by atoms with E-state index in [9.17, 15) is 35.1 Å². The third kappa shape index (κ3) is 4.69. The first-order valence-corrected chi connectivity index (χ1v) is 16.2. The number of ether oxygens (including phenoxy) is 2. The SMILES string of the molecule is CCN(CC)CCN1C(=O)c2c(c3c4cc(CO)ccc4n(C4O[C@H](CO)[C@@H](OC)[C@H](O)[C@H]4O)c3c3[nH]c4ccc(CO)cc4c23)C1=O. The number of nitrogens with zero attached hydrogens (tertiary/aromatic N) is 3. The lowest BCUT2D eigenvalue weighted by Crippen LogP contribution is -2.57. The largest absolute Gasteiger partial charge is 0.394 e. The number of rotatable bonds is 10. The molecule has 2 amide bonds. The Hall–Kier alpha value is -3.92. The topological polar surface area (TPSA) is 181 Å². The lowest BCUT2D eigenvalue weighted by atomic mass is 9.95. The average molecular weight is 661 g/mol. The van der Waals surface area contributed by atoms with E-state index in [1.807, 2.05) is 13.8 Å². The molecule has 13 heteroatoms. The Labute approximate surface area is 275 Å². The molecule has 48 heavy (non-hydrogen) atoms. The smallest absolute Gasteiger partial charge is 0.262 e. The fourth-order valence-electron chi connectivity index (χ4n) is 7.59. The number of hydrogen-bond acceptors (Lipinski definition) is 10. The molecule has 0 spiro atoms. The number of nitrogens with one attached hydrogen (secondary N) is 1. The molecule has 2 aliphatic rings. The molecule has 1 saturated heterocycles. The number of aromatic nitrogens is 2. The van der Waals surface area contributed by atoms with Gasteiger partial charge in [0.2, 0.25) is 0 Å². The van der Waals surface area contributed by atoms with Gasteiger partial charge in [-0.05, 0) is 48.5 Å². The molecule has 7 rings (SSSR count). The molecule has 6 N–H and O–H groups in total. The number of H-pyrrole nitrogens is 1. The van der Waals surface area contributed by atoms with Crippen LogP contribution >= 0.6 is 0 Å². The number of methoxy groups -OCH3 is 1. The minimum absolute atomic E-state index is 0.176. The molecule has 2 aromatic heterocycles. The van der Waals surface area contributed by atoms with Gasteiger partial charge in [-0.2, -0.15) is 0 Å². The first-order valence-electron chi connectivity index (χ1n) is 16.2. The van der Waals surface area contributed by atoms with Crippen molar-refractivity contribution in [2.24, 2.45) is 0 Å². The van der Waals surface area contributed by atoms with Crippen LogP contribution in [0.3, 0.4) is 0 Å². The average Bonchev–Trinajstić information content (AvgIpc) is 3.72. The van der Waals surface area contributed by atoms with Crippen LogP contribution in [0.25, 0.3) is 43.6 Å². The van der Waals surface area contributed by atoms with E-state index in [4.69, 9.17) is 9.47 Å². The molecule has 13 nitrogen and oxygen atoms in total. The lowest BCUT2D eigenvalue weighted by Gasteiger charge is -2.42. The highest BCUT2D eigenvalue weighted by molar-refractivity contribution is 6.39. The third-order valence-corrected chi connectivity index (χ3v) is 10.1. The van der Waals surface area contributed by atoms with Crippen molar-refractivity contribution in [1.29, 1.82) is 0 Å². The van der Waals surface area contributed by atoms with Crippen molar-refractivity contribution in [3.05, 3.63) is 58.7 Å². The van der Waals surface area contributed by atoms with Gasteiger partial charge < -0.3 is 49.5 Å². The summed E-state index contributed by atoms with van der Waals surface area (Å²) in [6, 6.07) is 10.6. The number of aromatic amines is 1. The van der Waals surface area contributed by atoms with Gasteiger partial charge in [-0.1, -0.05) is 26.0 Å². The fourth-order valence-corrected chi connectivity index (χ4v) is 7.59. The molecule has 0 bridgehead atoms. The molecular formula is C35H40N4O9. The van der Waals surface area contributed by atoms with Crippen molar-refractivity contribution >= 4 is 55.4 Å². The maximum absolute atomic E-state index is 14.5. The zero-order valence-corrected chi connectivity index (χ0v) is 27.0. The number of carbonyl (C=O) groups excluding carboxylic acids is 2. The standard InChI is InChI=1S/C35H40N4O9/c1-4-37(5-2)10-11-38-33(45)26-24-19-12-17(14-40)6-8-21(19)36-28(24)29-25(27(26)34(38)46)20-13-18(15-41)7-9-22(20)39(29)35-31(44)30(43)32(47-3)23(16-42)48-35/h6-9,12-13,23,30-32,35-36,40-44H,4-5,10-11,14-16H2,1-3H3/t23-,30-,31-,32-,35?/m1/s1. The van der Waals surface area contributed by atoms with E-state index in [0.717, 1.165) is 13.1 Å². The van der Waals surface area contributed by atoms with Gasteiger partial charge in [-0.15, -0.1) is 0 Å². The van der Waals surface area contributed by atoms with Crippen LogP contribution in [0.2, 0.25) is 0 Å². The Morgan fingerprint density at radius 1 is 0.896 bits per heavy atom. The summed E-state index contributed by atoms with van der Waals surface area (Å²) in [5, 5.41) is 55.2. The monoisotopic (exact) mass is 660 g/mol. The Morgan fingerprint density at radius 3 is 2.17 bits per heavy atom. The van der Waals surface area contributed by atoms with Crippen LogP contribution in [0, 0.1) is 0 Å². The normalized spacial score (nSPS) is 23.2. The second-order valence-corrected chi connectivity index (χ2v) is 12.5. The van der Waals surface area contributed by atoms with Gasteiger partial charge >= 0.3 is 0 Å². The van der Waals surface area contributed by atoms with Gasteiger partial charge in [-0.3, -0.25) is 14.5 Å². The zero-order chi connectivity index (χ0) is 34.0. The van der Waals surface area contributed by atoms with Crippen molar-refractivity contribution in [3.63, 3.8) is 0 Å². The van der Waals surface area contributed by atoms with Crippen molar-refractivity contribution in [2.45, 2.75) is 57.7 Å². The van der Waals surface area contributed by atoms with E-state index in [1.165, 1.54) is 12.0 Å². The van der Waals surface area contributed by atoms with Crippen LogP contribution < -0.4 is 0 Å². The second-order valence-electron chi connectivity index (χ2n) is 12.5. The van der Waals surface area contributed by atoms with Gasteiger partial charge in [-0.25, -0.2) is 0 Å². The first kappa shape index (κ1) is 32.6. The van der Waals surface area contributed by atoms with Crippen LogP contribution in [-0.4, -0.2) is 121 Å². The highest BCUT2D eigenvalue weighted by atomic mass is 16.6. The van der Waals surface area contributed by atoms with Crippen LogP contribution in [0.4, 0.5) is 0 Å². The zero-order valence-electron chi connectivity index (χ0n) is 27.0. The number of hydrogen-bond donors (Lipinski definition) is 6. The van der Waals surface area contributed by atoms with E-state index in [-0.39, 0.29) is 30.9 Å². The van der Waals surface area contributed by atoms with Gasteiger partial charge in [0.25, 0.3) is 11.8 Å². The fraction of sp³-hybridized carbons (Fsp3) is 0.429. The quantitative estimate of drug-likeness (QED) is 0.121. The maximum Gasteiger partial charge on any atom is 0.262 e. The number of benzene rings is 3. The minimum Gasteiger partial charge on any atom is -0.394 e. The predicted molar refractivity (Wildman–Crippen MR) is 178 cm³/mol. The summed E-state index contributed by atoms with van der Waals surface area (Å²) in [6.45, 7) is 5.21. The number of fused-ring (bicyclic) bond motifs is 10. The van der Waals surface area contributed by atoms with Crippen LogP contribution in [0.15, 0.2) is 36.4 Å². The van der Waals surface area contributed by atoms with E-state index >= 15 is 0 Å². The number of imide groups is 1. The van der Waals surface area contributed by atoms with Crippen molar-refractivity contribution in [2.75, 3.05) is 39.9 Å². The van der Waals surface area contributed by atoms with Crippen molar-refractivity contribution in [3.8, 4) is 0 Å². The van der Waals surface area contributed by atoms with Gasteiger partial charge in [0.1, 0.15) is 24.4 Å². The molecule has 3 aromatic carbocycles. The van der Waals surface area contributed by atoms with Crippen molar-refractivity contribution < 1.29 is 44.6 Å². The molecule has 5 aromatic rings. The number of carbonyl (C=O) groups is 2. The highest BCUT2D eigenvalue weighted by Gasteiger charge is 2.48. The number of aliphatic hydroxyl groups excluding tert-OH is 5. The molecule has 0 saturated carbocycles. The summed E-state index contributed by atoms with van der Waals surface area (Å²) < 4.78 is 13.4. The second kappa shape index (κ2) is 12.5. The summed E-state index contributed by atoms with van der Waals surface area (Å²) in [5.74, 6) is -0.899. The molecule has 5 atom stereocenters. The van der Waals surface area contributed by atoms with Crippen LogP contribution in [-0.2, 0) is 22.7 Å². The molecular weight excluding hydrogens is 620 g/mol. The third-order valence-electron chi connectivity index (χ3n) is 10.1. The van der Waals surface area contributed by atoms with E-state index in [1.54, 1.807) is 41.0 Å². The highest BCUT2D eigenvalue weighted by Crippen LogP contribution is 2.47. The number of amides is 2. The Balaban J connectivity index is 1.61. The first-order chi connectivity index (χ1) is 23.2. The molecule has 254 valence electrons. The molecule has 2 aliphatic heterocycles. The van der Waals surface area contributed by atoms with Crippen LogP contribution in [0.5, 0.6) is 0 Å². The molecule has 0 radical (unpaired) electrons. The van der Waals surface area contributed by atoms with Crippen molar-refractivity contribution in [1.82, 2.24) is 19.4 Å². The van der Waals surface area contributed by atoms with E-state index < -0.39 is 49.1 Å². The molecule has 0 aliphatic carbocycles. The molecule has 4 heterocycles. The summed E-state index contributed by atoms with van der Waals surface area (Å²) in [6.07, 6.45) is -6.22. The van der Waals surface area contributed by atoms with Gasteiger partial charge in [0.05, 0.1) is 47.5 Å².